The number of hydrogen-bond donors (Lipinski definition) is 1. The van der Waals surface area contributed by atoms with Gasteiger partial charge in [0.25, 0.3) is 0 Å². The first-order valence-corrected chi connectivity index (χ1v) is 8.32. The van der Waals surface area contributed by atoms with Gasteiger partial charge in [0, 0.05) is 42.4 Å². The Morgan fingerprint density at radius 2 is 2.05 bits per heavy atom. The summed E-state index contributed by atoms with van der Waals surface area (Å²) in [4.78, 5) is 4.71. The highest BCUT2D eigenvalue weighted by Gasteiger charge is 2.22. The van der Waals surface area contributed by atoms with Crippen molar-refractivity contribution in [2.24, 2.45) is 0 Å². The molecule has 1 atom stereocenters. The third-order valence-electron chi connectivity index (χ3n) is 4.01. The van der Waals surface area contributed by atoms with Crippen LogP contribution in [0.15, 0.2) is 18.2 Å². The summed E-state index contributed by atoms with van der Waals surface area (Å²) in [6, 6.07) is 7.47. The number of rotatable bonds is 8. The Morgan fingerprint density at radius 1 is 1.33 bits per heavy atom. The molecule has 0 amide bonds. The number of benzene rings is 1. The highest BCUT2D eigenvalue weighted by Crippen LogP contribution is 2.27. The van der Waals surface area contributed by atoms with Gasteiger partial charge in [0.15, 0.2) is 0 Å². The van der Waals surface area contributed by atoms with E-state index in [4.69, 9.17) is 11.6 Å². The van der Waals surface area contributed by atoms with Crippen LogP contribution in [0.4, 0.5) is 5.69 Å². The van der Waals surface area contributed by atoms with Gasteiger partial charge in [-0.05, 0) is 64.5 Å². The van der Waals surface area contributed by atoms with Crippen molar-refractivity contribution < 1.29 is 0 Å². The minimum atomic E-state index is 0.478. The molecule has 0 aliphatic heterocycles. The molecule has 4 heteroatoms. The van der Waals surface area contributed by atoms with Crippen molar-refractivity contribution in [1.82, 2.24) is 10.2 Å². The Bertz CT molecular complexity index is 457. The van der Waals surface area contributed by atoms with Crippen LogP contribution in [0.5, 0.6) is 0 Å². The fraction of sp³-hybridized carbons (Fsp3) is 0.647. The summed E-state index contributed by atoms with van der Waals surface area (Å²) >= 11 is 6.21. The van der Waals surface area contributed by atoms with Gasteiger partial charge in [0.05, 0.1) is 0 Å². The molecule has 1 saturated carbocycles. The summed E-state index contributed by atoms with van der Waals surface area (Å²) in [6.07, 6.45) is 2.62. The lowest BCUT2D eigenvalue weighted by Crippen LogP contribution is -2.40. The smallest absolute Gasteiger partial charge is 0.0415 e. The van der Waals surface area contributed by atoms with Gasteiger partial charge in [-0.15, -0.1) is 0 Å². The van der Waals surface area contributed by atoms with Crippen molar-refractivity contribution in [1.29, 1.82) is 0 Å². The van der Waals surface area contributed by atoms with E-state index in [1.54, 1.807) is 0 Å². The van der Waals surface area contributed by atoms with Crippen LogP contribution >= 0.6 is 11.6 Å². The molecular formula is C17H28ClN3. The molecule has 1 fully saturated rings. The van der Waals surface area contributed by atoms with Crippen molar-refractivity contribution in [2.45, 2.75) is 45.3 Å². The van der Waals surface area contributed by atoms with E-state index in [2.05, 4.69) is 55.2 Å². The zero-order valence-electron chi connectivity index (χ0n) is 13.7. The van der Waals surface area contributed by atoms with Crippen LogP contribution in [0.3, 0.4) is 0 Å². The van der Waals surface area contributed by atoms with Gasteiger partial charge >= 0.3 is 0 Å². The SMILES string of the molecule is CCN(c1ccc(Cl)cc1CNC1CC1)C(C)CN(C)C. The highest BCUT2D eigenvalue weighted by molar-refractivity contribution is 6.30. The topological polar surface area (TPSA) is 18.5 Å². The van der Waals surface area contributed by atoms with E-state index in [9.17, 15) is 0 Å². The molecule has 1 unspecified atom stereocenters. The summed E-state index contributed by atoms with van der Waals surface area (Å²) in [7, 11) is 4.25. The monoisotopic (exact) mass is 309 g/mol. The van der Waals surface area contributed by atoms with Crippen LogP contribution in [0.2, 0.25) is 5.02 Å². The predicted octanol–water partition coefficient (Wildman–Crippen LogP) is 3.37. The maximum atomic E-state index is 6.21. The third-order valence-corrected chi connectivity index (χ3v) is 4.25. The van der Waals surface area contributed by atoms with Crippen molar-refractivity contribution in [2.75, 3.05) is 32.1 Å². The van der Waals surface area contributed by atoms with Gasteiger partial charge in [-0.25, -0.2) is 0 Å². The van der Waals surface area contributed by atoms with E-state index >= 15 is 0 Å². The van der Waals surface area contributed by atoms with Gasteiger partial charge in [0.1, 0.15) is 0 Å². The summed E-state index contributed by atoms with van der Waals surface area (Å²) in [5, 5.41) is 4.43. The summed E-state index contributed by atoms with van der Waals surface area (Å²) in [6.45, 7) is 7.47. The molecule has 0 radical (unpaired) electrons. The van der Waals surface area contributed by atoms with Crippen LogP contribution in [0.1, 0.15) is 32.3 Å². The molecule has 0 spiro atoms. The standard InChI is InChI=1S/C17H28ClN3/c1-5-21(13(2)12-20(3)4)17-9-6-15(18)10-14(17)11-19-16-7-8-16/h6,9-10,13,16,19H,5,7-8,11-12H2,1-4H3. The first-order valence-electron chi connectivity index (χ1n) is 7.94. The fourth-order valence-electron chi connectivity index (χ4n) is 2.86. The Morgan fingerprint density at radius 3 is 2.62 bits per heavy atom. The van der Waals surface area contributed by atoms with Gasteiger partial charge < -0.3 is 15.1 Å². The molecule has 0 heterocycles. The van der Waals surface area contributed by atoms with Gasteiger partial charge in [-0.2, -0.15) is 0 Å². The number of anilines is 1. The molecule has 1 aromatic carbocycles. The van der Waals surface area contributed by atoms with Crippen LogP contribution < -0.4 is 10.2 Å². The molecule has 0 saturated heterocycles. The number of likely N-dealkylation sites (N-methyl/N-ethyl adjacent to an activating group) is 2. The first kappa shape index (κ1) is 16.6. The first-order chi connectivity index (χ1) is 10.0. The van der Waals surface area contributed by atoms with E-state index in [1.165, 1.54) is 24.1 Å². The quantitative estimate of drug-likeness (QED) is 0.794. The largest absolute Gasteiger partial charge is 0.368 e. The third kappa shape index (κ3) is 4.87. The van der Waals surface area contributed by atoms with Crippen molar-refractivity contribution in [3.63, 3.8) is 0 Å². The number of nitrogens with zero attached hydrogens (tertiary/aromatic N) is 2. The average molecular weight is 310 g/mol. The van der Waals surface area contributed by atoms with Crippen LogP contribution in [0.25, 0.3) is 0 Å². The maximum absolute atomic E-state index is 6.21. The van der Waals surface area contributed by atoms with E-state index < -0.39 is 0 Å². The predicted molar refractivity (Wildman–Crippen MR) is 92.3 cm³/mol. The Balaban J connectivity index is 2.17. The fourth-order valence-corrected chi connectivity index (χ4v) is 3.06. The van der Waals surface area contributed by atoms with Crippen LogP contribution in [-0.2, 0) is 6.54 Å². The normalized spacial score (nSPS) is 16.3. The zero-order valence-corrected chi connectivity index (χ0v) is 14.5. The average Bonchev–Trinajstić information content (AvgIpc) is 3.22. The molecule has 2 rings (SSSR count). The second kappa shape index (κ2) is 7.48. The molecule has 1 N–H and O–H groups in total. The molecule has 0 aromatic heterocycles. The maximum Gasteiger partial charge on any atom is 0.0415 e. The Kier molecular flexibility index (Phi) is 5.91. The van der Waals surface area contributed by atoms with Crippen molar-refractivity contribution in [3.8, 4) is 0 Å². The molecule has 1 aromatic rings. The summed E-state index contributed by atoms with van der Waals surface area (Å²) in [5.41, 5.74) is 2.62. The Labute approximate surface area is 134 Å². The van der Waals surface area contributed by atoms with E-state index in [-0.39, 0.29) is 0 Å². The van der Waals surface area contributed by atoms with Crippen molar-refractivity contribution in [3.05, 3.63) is 28.8 Å². The molecule has 0 bridgehead atoms. The molecule has 1 aliphatic carbocycles. The van der Waals surface area contributed by atoms with E-state index in [1.807, 2.05) is 6.07 Å². The van der Waals surface area contributed by atoms with E-state index in [0.29, 0.717) is 12.1 Å². The van der Waals surface area contributed by atoms with Crippen LogP contribution in [-0.4, -0.2) is 44.2 Å². The van der Waals surface area contributed by atoms with Crippen LogP contribution in [0, 0.1) is 0 Å². The molecule has 118 valence electrons. The lowest BCUT2D eigenvalue weighted by Gasteiger charge is -2.33. The number of halogens is 1. The lowest BCUT2D eigenvalue weighted by molar-refractivity contribution is 0.372. The van der Waals surface area contributed by atoms with Gasteiger partial charge in [-0.3, -0.25) is 0 Å². The van der Waals surface area contributed by atoms with Crippen molar-refractivity contribution >= 4 is 17.3 Å². The number of nitrogens with one attached hydrogen (secondary N) is 1. The lowest BCUT2D eigenvalue weighted by atomic mass is 10.1. The summed E-state index contributed by atoms with van der Waals surface area (Å²) < 4.78 is 0. The second-order valence-electron chi connectivity index (χ2n) is 6.33. The van der Waals surface area contributed by atoms with Gasteiger partial charge in [-0.1, -0.05) is 11.6 Å². The molecule has 21 heavy (non-hydrogen) atoms. The zero-order chi connectivity index (χ0) is 15.4. The minimum Gasteiger partial charge on any atom is -0.368 e. The molecule has 1 aliphatic rings. The van der Waals surface area contributed by atoms with Gasteiger partial charge in [0.2, 0.25) is 0 Å². The van der Waals surface area contributed by atoms with E-state index in [0.717, 1.165) is 24.7 Å². The Hall–Kier alpha value is -0.770. The molecular weight excluding hydrogens is 282 g/mol. The highest BCUT2D eigenvalue weighted by atomic mass is 35.5. The molecule has 3 nitrogen and oxygen atoms in total. The minimum absolute atomic E-state index is 0.478. The summed E-state index contributed by atoms with van der Waals surface area (Å²) in [5.74, 6) is 0. The second-order valence-corrected chi connectivity index (χ2v) is 6.76. The number of hydrogen-bond acceptors (Lipinski definition) is 3.